The Bertz CT molecular complexity index is 566. The van der Waals surface area contributed by atoms with Gasteiger partial charge in [0.15, 0.2) is 0 Å². The molecule has 1 saturated heterocycles. The lowest BCUT2D eigenvalue weighted by molar-refractivity contribution is -0.253. The van der Waals surface area contributed by atoms with Gasteiger partial charge in [-0.1, -0.05) is 12.1 Å². The normalized spacial score (nSPS) is 18.8. The number of carbonyl (C=O) groups is 1. The molecule has 0 radical (unpaired) electrons. The van der Waals surface area contributed by atoms with E-state index in [9.17, 15) is 22.4 Å². The van der Waals surface area contributed by atoms with Crippen LogP contribution in [-0.2, 0) is 4.74 Å². The van der Waals surface area contributed by atoms with Gasteiger partial charge in [0.05, 0.1) is 12.2 Å². The number of amides is 1. The molecule has 1 aromatic rings. The summed E-state index contributed by atoms with van der Waals surface area (Å²) in [5.41, 5.74) is -0.157. The monoisotopic (exact) mass is 349 g/mol. The second kappa shape index (κ2) is 7.83. The molecular formula is C16H19F4NO3. The minimum absolute atomic E-state index is 0.156. The highest BCUT2D eigenvalue weighted by molar-refractivity contribution is 5.97. The number of methoxy groups -OCH3 is 1. The van der Waals surface area contributed by atoms with Gasteiger partial charge >= 0.3 is 12.5 Å². The largest absolute Gasteiger partial charge is 0.461 e. The van der Waals surface area contributed by atoms with E-state index in [1.54, 1.807) is 7.11 Å². The highest BCUT2D eigenvalue weighted by Crippen LogP contribution is 2.31. The van der Waals surface area contributed by atoms with E-state index in [-0.39, 0.29) is 11.5 Å². The first-order chi connectivity index (χ1) is 11.3. The van der Waals surface area contributed by atoms with Gasteiger partial charge in [-0.05, 0) is 30.9 Å². The summed E-state index contributed by atoms with van der Waals surface area (Å²) in [6.45, 7) is 1.39. The van der Waals surface area contributed by atoms with E-state index < -0.39 is 24.2 Å². The van der Waals surface area contributed by atoms with Gasteiger partial charge in [0, 0.05) is 20.2 Å². The highest BCUT2D eigenvalue weighted by Gasteiger charge is 2.44. The summed E-state index contributed by atoms with van der Waals surface area (Å²) in [5.74, 6) is -0.915. The average Bonchev–Trinajstić information content (AvgIpc) is 2.55. The van der Waals surface area contributed by atoms with Crippen LogP contribution in [0.3, 0.4) is 0 Å². The zero-order valence-electron chi connectivity index (χ0n) is 13.2. The van der Waals surface area contributed by atoms with E-state index in [0.717, 1.165) is 18.9 Å². The maximum absolute atomic E-state index is 13.2. The third kappa shape index (κ3) is 4.37. The van der Waals surface area contributed by atoms with Gasteiger partial charge in [0.1, 0.15) is 5.75 Å². The fourth-order valence-corrected chi connectivity index (χ4v) is 2.72. The van der Waals surface area contributed by atoms with E-state index in [0.29, 0.717) is 19.7 Å². The number of rotatable bonds is 6. The third-order valence-electron chi connectivity index (χ3n) is 3.83. The molecule has 1 fully saturated rings. The lowest BCUT2D eigenvalue weighted by Crippen LogP contribution is -2.41. The maximum atomic E-state index is 13.2. The number of hydrogen-bond acceptors (Lipinski definition) is 3. The summed E-state index contributed by atoms with van der Waals surface area (Å²) in [6, 6.07) is 5.19. The quantitative estimate of drug-likeness (QED) is 0.739. The van der Waals surface area contributed by atoms with Crippen LogP contribution in [-0.4, -0.2) is 50.1 Å². The standard InChI is InChI=1S/C16H19F4NO3/c1-23-10-11-5-4-8-21(9-11)14(22)12-6-2-3-7-13(12)24-16(19,20)15(17)18/h2-3,6-7,11,15H,4-5,8-10H2,1H3/t11-/m0/s1. The summed E-state index contributed by atoms with van der Waals surface area (Å²) in [5, 5.41) is 0. The molecule has 4 nitrogen and oxygen atoms in total. The Morgan fingerprint density at radius 1 is 1.38 bits per heavy atom. The van der Waals surface area contributed by atoms with Crippen molar-refractivity contribution in [1.29, 1.82) is 0 Å². The van der Waals surface area contributed by atoms with Crippen molar-refractivity contribution in [2.45, 2.75) is 25.4 Å². The molecule has 0 bridgehead atoms. The lowest BCUT2D eigenvalue weighted by Gasteiger charge is -2.33. The fourth-order valence-electron chi connectivity index (χ4n) is 2.72. The molecule has 1 atom stereocenters. The molecule has 8 heteroatoms. The minimum atomic E-state index is -4.66. The molecule has 0 N–H and O–H groups in total. The molecule has 1 aliphatic rings. The Balaban J connectivity index is 2.18. The van der Waals surface area contributed by atoms with Gasteiger partial charge in [-0.25, -0.2) is 0 Å². The van der Waals surface area contributed by atoms with Crippen LogP contribution < -0.4 is 4.74 Å². The number of piperidine rings is 1. The van der Waals surface area contributed by atoms with Gasteiger partial charge < -0.3 is 14.4 Å². The van der Waals surface area contributed by atoms with Gasteiger partial charge in [-0.15, -0.1) is 0 Å². The average molecular weight is 349 g/mol. The Kier molecular flexibility index (Phi) is 6.04. The number of para-hydroxylation sites is 1. The van der Waals surface area contributed by atoms with Gasteiger partial charge in [0.2, 0.25) is 0 Å². The fraction of sp³-hybridized carbons (Fsp3) is 0.562. The van der Waals surface area contributed by atoms with E-state index in [4.69, 9.17) is 4.74 Å². The molecule has 1 heterocycles. The van der Waals surface area contributed by atoms with Crippen molar-refractivity contribution in [1.82, 2.24) is 4.90 Å². The molecule has 0 aromatic heterocycles. The van der Waals surface area contributed by atoms with Crippen LogP contribution in [0.15, 0.2) is 24.3 Å². The third-order valence-corrected chi connectivity index (χ3v) is 3.83. The second-order valence-corrected chi connectivity index (χ2v) is 5.68. The molecular weight excluding hydrogens is 330 g/mol. The van der Waals surface area contributed by atoms with Crippen LogP contribution >= 0.6 is 0 Å². The van der Waals surface area contributed by atoms with Crippen molar-refractivity contribution in [2.24, 2.45) is 5.92 Å². The second-order valence-electron chi connectivity index (χ2n) is 5.68. The number of ether oxygens (including phenoxy) is 2. The molecule has 1 aliphatic heterocycles. The van der Waals surface area contributed by atoms with Gasteiger partial charge in [-0.2, -0.15) is 17.6 Å². The Morgan fingerprint density at radius 2 is 2.08 bits per heavy atom. The molecule has 2 rings (SSSR count). The number of benzene rings is 1. The van der Waals surface area contributed by atoms with E-state index in [1.165, 1.54) is 23.1 Å². The summed E-state index contributed by atoms with van der Waals surface area (Å²) >= 11 is 0. The Labute approximate surface area is 137 Å². The van der Waals surface area contributed by atoms with Crippen molar-refractivity contribution in [3.8, 4) is 5.75 Å². The highest BCUT2D eigenvalue weighted by atomic mass is 19.3. The summed E-state index contributed by atoms with van der Waals surface area (Å²) in [6.07, 6.45) is -6.98. The van der Waals surface area contributed by atoms with E-state index in [1.807, 2.05) is 0 Å². The smallest absolute Gasteiger partial charge is 0.427 e. The SMILES string of the molecule is COC[C@H]1CCCN(C(=O)c2ccccc2OC(F)(F)C(F)F)C1. The van der Waals surface area contributed by atoms with Crippen LogP contribution in [0.2, 0.25) is 0 Å². The molecule has 134 valence electrons. The number of hydrogen-bond donors (Lipinski definition) is 0. The lowest BCUT2D eigenvalue weighted by atomic mass is 9.98. The summed E-state index contributed by atoms with van der Waals surface area (Å²) < 4.78 is 60.2. The van der Waals surface area contributed by atoms with Gasteiger partial charge in [-0.3, -0.25) is 4.79 Å². The molecule has 24 heavy (non-hydrogen) atoms. The first-order valence-corrected chi connectivity index (χ1v) is 7.57. The van der Waals surface area contributed by atoms with E-state index >= 15 is 0 Å². The minimum Gasteiger partial charge on any atom is -0.427 e. The number of nitrogens with zero attached hydrogens (tertiary/aromatic N) is 1. The Morgan fingerprint density at radius 3 is 2.75 bits per heavy atom. The van der Waals surface area contributed by atoms with Crippen molar-refractivity contribution >= 4 is 5.91 Å². The van der Waals surface area contributed by atoms with E-state index in [2.05, 4.69) is 4.74 Å². The van der Waals surface area contributed by atoms with Crippen LogP contribution in [0.25, 0.3) is 0 Å². The van der Waals surface area contributed by atoms with Crippen molar-refractivity contribution < 1.29 is 31.8 Å². The molecule has 0 spiro atoms. The predicted octanol–water partition coefficient (Wildman–Crippen LogP) is 3.42. The predicted molar refractivity (Wildman–Crippen MR) is 78.5 cm³/mol. The first-order valence-electron chi connectivity index (χ1n) is 7.57. The van der Waals surface area contributed by atoms with Crippen molar-refractivity contribution in [3.63, 3.8) is 0 Å². The molecule has 0 saturated carbocycles. The first kappa shape index (κ1) is 18.5. The zero-order valence-corrected chi connectivity index (χ0v) is 13.2. The number of carbonyl (C=O) groups excluding carboxylic acids is 1. The summed E-state index contributed by atoms with van der Waals surface area (Å²) in [4.78, 5) is 14.1. The molecule has 1 aromatic carbocycles. The van der Waals surface area contributed by atoms with Crippen LogP contribution in [0.1, 0.15) is 23.2 Å². The molecule has 0 aliphatic carbocycles. The van der Waals surface area contributed by atoms with Crippen LogP contribution in [0.5, 0.6) is 5.75 Å². The number of halogens is 4. The molecule has 0 unspecified atom stereocenters. The summed E-state index contributed by atoms with van der Waals surface area (Å²) in [7, 11) is 1.57. The van der Waals surface area contributed by atoms with Gasteiger partial charge in [0.25, 0.3) is 5.91 Å². The number of likely N-dealkylation sites (tertiary alicyclic amines) is 1. The number of alkyl halides is 4. The van der Waals surface area contributed by atoms with Crippen molar-refractivity contribution in [2.75, 3.05) is 26.8 Å². The van der Waals surface area contributed by atoms with Crippen LogP contribution in [0, 0.1) is 5.92 Å². The zero-order chi connectivity index (χ0) is 17.7. The maximum Gasteiger partial charge on any atom is 0.461 e. The van der Waals surface area contributed by atoms with Crippen molar-refractivity contribution in [3.05, 3.63) is 29.8 Å². The molecule has 1 amide bonds. The Hall–Kier alpha value is -1.83. The topological polar surface area (TPSA) is 38.8 Å². The van der Waals surface area contributed by atoms with Crippen LogP contribution in [0.4, 0.5) is 17.6 Å².